The third-order valence-electron chi connectivity index (χ3n) is 4.16. The number of rotatable bonds is 5. The minimum atomic E-state index is 0.663. The van der Waals surface area contributed by atoms with Crippen LogP contribution in [-0.4, -0.2) is 11.5 Å². The van der Waals surface area contributed by atoms with Crippen LogP contribution in [0.15, 0.2) is 4.42 Å². The number of hydrogen-bond donors (Lipinski definition) is 1. The molecule has 0 bridgehead atoms. The van der Waals surface area contributed by atoms with Crippen molar-refractivity contribution in [2.24, 2.45) is 11.3 Å². The van der Waals surface area contributed by atoms with Crippen LogP contribution in [0, 0.1) is 25.2 Å². The van der Waals surface area contributed by atoms with Crippen molar-refractivity contribution in [3.05, 3.63) is 17.3 Å². The first kappa shape index (κ1) is 10.3. The molecule has 0 aliphatic heterocycles. The summed E-state index contributed by atoms with van der Waals surface area (Å²) >= 11 is 0. The maximum absolute atomic E-state index is 5.55. The number of nitrogens with zero attached hydrogens (tertiary/aromatic N) is 1. The van der Waals surface area contributed by atoms with Crippen molar-refractivity contribution in [3.63, 3.8) is 0 Å². The van der Waals surface area contributed by atoms with Crippen molar-refractivity contribution >= 4 is 0 Å². The predicted molar refractivity (Wildman–Crippen MR) is 62.1 cm³/mol. The van der Waals surface area contributed by atoms with E-state index in [2.05, 4.69) is 10.3 Å². The van der Waals surface area contributed by atoms with Gasteiger partial charge >= 0.3 is 0 Å². The molecule has 1 aromatic rings. The molecule has 0 aromatic carbocycles. The Balaban J connectivity index is 1.49. The summed E-state index contributed by atoms with van der Waals surface area (Å²) in [5, 5.41) is 3.51. The Morgan fingerprint density at radius 1 is 1.38 bits per heavy atom. The summed E-state index contributed by atoms with van der Waals surface area (Å²) in [5.74, 6) is 2.80. The summed E-state index contributed by atoms with van der Waals surface area (Å²) < 4.78 is 5.55. The Hall–Kier alpha value is -0.830. The molecule has 3 nitrogen and oxygen atoms in total. The van der Waals surface area contributed by atoms with Crippen LogP contribution in [0.25, 0.3) is 0 Å². The maximum atomic E-state index is 5.55. The predicted octanol–water partition coefficient (Wildman–Crippen LogP) is 2.57. The molecular weight excluding hydrogens is 200 g/mol. The summed E-state index contributed by atoms with van der Waals surface area (Å²) in [7, 11) is 0. The number of aromatic nitrogens is 1. The summed E-state index contributed by atoms with van der Waals surface area (Å²) in [6, 6.07) is 0. The minimum absolute atomic E-state index is 0.663. The molecule has 0 atom stereocenters. The van der Waals surface area contributed by atoms with Gasteiger partial charge in [-0.15, -0.1) is 0 Å². The summed E-state index contributed by atoms with van der Waals surface area (Å²) in [5.41, 5.74) is 1.68. The highest BCUT2D eigenvalue weighted by atomic mass is 16.4. The monoisotopic (exact) mass is 220 g/mol. The summed E-state index contributed by atoms with van der Waals surface area (Å²) in [6.45, 7) is 5.90. The molecule has 3 heteroatoms. The normalized spacial score (nSPS) is 22.4. The van der Waals surface area contributed by atoms with Gasteiger partial charge in [-0.25, -0.2) is 4.98 Å². The molecule has 2 fully saturated rings. The number of oxazole rings is 1. The number of hydrogen-bond acceptors (Lipinski definition) is 3. The van der Waals surface area contributed by atoms with Crippen LogP contribution in [0.4, 0.5) is 0 Å². The van der Waals surface area contributed by atoms with Crippen molar-refractivity contribution in [2.45, 2.75) is 46.1 Å². The molecule has 88 valence electrons. The molecule has 1 N–H and O–H groups in total. The van der Waals surface area contributed by atoms with E-state index in [0.717, 1.165) is 36.4 Å². The molecule has 0 amide bonds. The van der Waals surface area contributed by atoms with E-state index in [4.69, 9.17) is 4.42 Å². The highest BCUT2D eigenvalue weighted by molar-refractivity contribution is 5.07. The number of aryl methyl sites for hydroxylation is 2. The molecule has 2 aliphatic rings. The molecule has 0 unspecified atom stereocenters. The highest BCUT2D eigenvalue weighted by Crippen LogP contribution is 2.60. The van der Waals surface area contributed by atoms with E-state index in [1.807, 2.05) is 13.8 Å². The third-order valence-corrected chi connectivity index (χ3v) is 4.16. The van der Waals surface area contributed by atoms with Gasteiger partial charge in [0.2, 0.25) is 5.89 Å². The van der Waals surface area contributed by atoms with E-state index >= 15 is 0 Å². The Bertz CT molecular complexity index is 369. The Morgan fingerprint density at radius 2 is 2.12 bits per heavy atom. The fourth-order valence-corrected chi connectivity index (χ4v) is 2.62. The van der Waals surface area contributed by atoms with E-state index in [0.29, 0.717) is 5.41 Å². The van der Waals surface area contributed by atoms with Crippen LogP contribution in [0.2, 0.25) is 0 Å². The Morgan fingerprint density at radius 3 is 2.62 bits per heavy atom. The molecule has 2 saturated carbocycles. The second-order valence-electron chi connectivity index (χ2n) is 5.49. The van der Waals surface area contributed by atoms with Crippen molar-refractivity contribution in [1.29, 1.82) is 0 Å². The minimum Gasteiger partial charge on any atom is -0.444 e. The van der Waals surface area contributed by atoms with Gasteiger partial charge in [0, 0.05) is 6.54 Å². The SMILES string of the molecule is Cc1nc(CNCC2(C3CC3)CC2)oc1C. The van der Waals surface area contributed by atoms with E-state index < -0.39 is 0 Å². The zero-order valence-corrected chi connectivity index (χ0v) is 10.2. The van der Waals surface area contributed by atoms with Gasteiger partial charge in [-0.2, -0.15) is 0 Å². The lowest BCUT2D eigenvalue weighted by Crippen LogP contribution is -2.25. The molecule has 0 spiro atoms. The van der Waals surface area contributed by atoms with Crippen molar-refractivity contribution in [2.75, 3.05) is 6.54 Å². The molecule has 1 aromatic heterocycles. The first-order valence-corrected chi connectivity index (χ1v) is 6.33. The van der Waals surface area contributed by atoms with Gasteiger partial charge in [0.15, 0.2) is 0 Å². The summed E-state index contributed by atoms with van der Waals surface area (Å²) in [4.78, 5) is 4.38. The lowest BCUT2D eigenvalue weighted by molar-refractivity contribution is 0.380. The molecule has 0 radical (unpaired) electrons. The smallest absolute Gasteiger partial charge is 0.208 e. The average Bonchev–Trinajstić information content (AvgIpc) is 3.11. The van der Waals surface area contributed by atoms with Crippen LogP contribution in [0.1, 0.15) is 43.0 Å². The quantitative estimate of drug-likeness (QED) is 0.828. The Kier molecular flexibility index (Phi) is 2.32. The molecule has 3 rings (SSSR count). The van der Waals surface area contributed by atoms with Gasteiger partial charge in [-0.1, -0.05) is 0 Å². The third kappa shape index (κ3) is 1.88. The van der Waals surface area contributed by atoms with Crippen LogP contribution in [0.5, 0.6) is 0 Å². The van der Waals surface area contributed by atoms with Crippen LogP contribution in [-0.2, 0) is 6.54 Å². The largest absolute Gasteiger partial charge is 0.444 e. The van der Waals surface area contributed by atoms with Gasteiger partial charge in [-0.3, -0.25) is 0 Å². The van der Waals surface area contributed by atoms with E-state index in [-0.39, 0.29) is 0 Å². The van der Waals surface area contributed by atoms with Gasteiger partial charge in [0.05, 0.1) is 12.2 Å². The van der Waals surface area contributed by atoms with Gasteiger partial charge < -0.3 is 9.73 Å². The first-order chi connectivity index (χ1) is 7.70. The van der Waals surface area contributed by atoms with E-state index in [1.165, 1.54) is 25.7 Å². The van der Waals surface area contributed by atoms with Gasteiger partial charge in [0.1, 0.15) is 5.76 Å². The van der Waals surface area contributed by atoms with E-state index in [1.54, 1.807) is 0 Å². The van der Waals surface area contributed by atoms with Gasteiger partial charge in [-0.05, 0) is 50.9 Å². The van der Waals surface area contributed by atoms with Crippen LogP contribution < -0.4 is 5.32 Å². The topological polar surface area (TPSA) is 38.1 Å². The maximum Gasteiger partial charge on any atom is 0.208 e. The molecule has 2 aliphatic carbocycles. The zero-order valence-electron chi connectivity index (χ0n) is 10.2. The molecule has 1 heterocycles. The highest BCUT2D eigenvalue weighted by Gasteiger charge is 2.53. The van der Waals surface area contributed by atoms with E-state index in [9.17, 15) is 0 Å². The fraction of sp³-hybridized carbons (Fsp3) is 0.769. The van der Waals surface area contributed by atoms with Crippen molar-refractivity contribution in [3.8, 4) is 0 Å². The van der Waals surface area contributed by atoms with Crippen molar-refractivity contribution in [1.82, 2.24) is 10.3 Å². The zero-order chi connectivity index (χ0) is 11.2. The van der Waals surface area contributed by atoms with Crippen molar-refractivity contribution < 1.29 is 4.42 Å². The Labute approximate surface area is 96.6 Å². The summed E-state index contributed by atoms with van der Waals surface area (Å²) in [6.07, 6.45) is 5.76. The van der Waals surface area contributed by atoms with Crippen LogP contribution >= 0.6 is 0 Å². The standard InChI is InChI=1S/C13H20N2O/c1-9-10(2)16-12(15-9)7-14-8-13(5-6-13)11-3-4-11/h11,14H,3-8H2,1-2H3. The molecule has 16 heavy (non-hydrogen) atoms. The second-order valence-corrected chi connectivity index (χ2v) is 5.49. The molecule has 0 saturated heterocycles. The number of nitrogens with one attached hydrogen (secondary N) is 1. The second kappa shape index (κ2) is 3.59. The lowest BCUT2D eigenvalue weighted by Gasteiger charge is -2.13. The van der Waals surface area contributed by atoms with Gasteiger partial charge in [0.25, 0.3) is 0 Å². The lowest BCUT2D eigenvalue weighted by atomic mass is 10.0. The first-order valence-electron chi connectivity index (χ1n) is 6.33. The van der Waals surface area contributed by atoms with Crippen LogP contribution in [0.3, 0.4) is 0 Å². The average molecular weight is 220 g/mol. The fourth-order valence-electron chi connectivity index (χ4n) is 2.62. The molecular formula is C13H20N2O.